The molecule has 0 spiro atoms. The summed E-state index contributed by atoms with van der Waals surface area (Å²) in [5.41, 5.74) is -1.04. The fraction of sp³-hybridized carbons (Fsp3) is 0.438. The Morgan fingerprint density at radius 1 is 1.39 bits per heavy atom. The Morgan fingerprint density at radius 3 is 2.65 bits per heavy atom. The molecule has 1 atom stereocenters. The molecule has 0 saturated carbocycles. The van der Waals surface area contributed by atoms with Gasteiger partial charge in [-0.15, -0.1) is 0 Å². The molecule has 0 saturated heterocycles. The molecular formula is C16H19FN2O4. The zero-order chi connectivity index (χ0) is 17.5. The lowest BCUT2D eigenvalue weighted by Crippen LogP contribution is -2.50. The second kappa shape index (κ2) is 8.13. The van der Waals surface area contributed by atoms with Crippen LogP contribution < -0.4 is 10.1 Å². The van der Waals surface area contributed by atoms with Crippen molar-refractivity contribution in [2.45, 2.75) is 26.3 Å². The first-order chi connectivity index (χ1) is 10.8. The number of benzene rings is 1. The SMILES string of the molecule is CC(C)[C@@](C)(C#N)NC(=O)COC(=O)COc1cccc(F)c1. The monoisotopic (exact) mass is 322 g/mol. The lowest BCUT2D eigenvalue weighted by Gasteiger charge is -2.27. The maximum atomic E-state index is 12.9. The minimum absolute atomic E-state index is 0.108. The van der Waals surface area contributed by atoms with Gasteiger partial charge in [-0.3, -0.25) is 4.79 Å². The highest BCUT2D eigenvalue weighted by molar-refractivity contribution is 5.81. The second-order valence-electron chi connectivity index (χ2n) is 5.42. The molecule has 0 aliphatic heterocycles. The van der Waals surface area contributed by atoms with Gasteiger partial charge >= 0.3 is 5.97 Å². The summed E-state index contributed by atoms with van der Waals surface area (Å²) in [6, 6.07) is 7.32. The normalized spacial score (nSPS) is 12.9. The Balaban J connectivity index is 2.38. The molecule has 124 valence electrons. The molecule has 1 rings (SSSR count). The van der Waals surface area contributed by atoms with Crippen LogP contribution in [0.2, 0.25) is 0 Å². The summed E-state index contributed by atoms with van der Waals surface area (Å²) in [5, 5.41) is 11.6. The van der Waals surface area contributed by atoms with Crippen molar-refractivity contribution in [1.29, 1.82) is 5.26 Å². The van der Waals surface area contributed by atoms with Gasteiger partial charge in [0.25, 0.3) is 5.91 Å². The minimum atomic E-state index is -1.04. The number of nitrogens with zero attached hydrogens (tertiary/aromatic N) is 1. The van der Waals surface area contributed by atoms with E-state index in [0.29, 0.717) is 0 Å². The number of esters is 1. The third-order valence-corrected chi connectivity index (χ3v) is 3.30. The molecule has 0 bridgehead atoms. The van der Waals surface area contributed by atoms with E-state index in [4.69, 9.17) is 14.7 Å². The molecule has 6 nitrogen and oxygen atoms in total. The number of halogens is 1. The number of nitriles is 1. The maximum absolute atomic E-state index is 12.9. The predicted octanol–water partition coefficient (Wildman–Crippen LogP) is 1.80. The first-order valence-electron chi connectivity index (χ1n) is 7.03. The van der Waals surface area contributed by atoms with E-state index >= 15 is 0 Å². The average molecular weight is 322 g/mol. The highest BCUT2D eigenvalue weighted by atomic mass is 19.1. The predicted molar refractivity (Wildman–Crippen MR) is 79.9 cm³/mol. The Hall–Kier alpha value is -2.62. The third-order valence-electron chi connectivity index (χ3n) is 3.30. The quantitative estimate of drug-likeness (QED) is 0.773. The van der Waals surface area contributed by atoms with Gasteiger partial charge in [0.15, 0.2) is 13.2 Å². The summed E-state index contributed by atoms with van der Waals surface area (Å²) in [6.45, 7) is 4.21. The number of carbonyl (C=O) groups excluding carboxylic acids is 2. The summed E-state index contributed by atoms with van der Waals surface area (Å²) in [4.78, 5) is 23.2. The lowest BCUT2D eigenvalue weighted by molar-refractivity contribution is -0.150. The van der Waals surface area contributed by atoms with Gasteiger partial charge in [-0.05, 0) is 25.0 Å². The van der Waals surface area contributed by atoms with Crippen LogP contribution in [-0.4, -0.2) is 30.6 Å². The van der Waals surface area contributed by atoms with E-state index in [2.05, 4.69) is 5.32 Å². The van der Waals surface area contributed by atoms with Gasteiger partial charge in [-0.2, -0.15) is 5.26 Å². The molecule has 0 heterocycles. The van der Waals surface area contributed by atoms with Crippen LogP contribution in [0, 0.1) is 23.1 Å². The van der Waals surface area contributed by atoms with Crippen molar-refractivity contribution >= 4 is 11.9 Å². The molecule has 1 amide bonds. The number of rotatable bonds is 7. The zero-order valence-corrected chi connectivity index (χ0v) is 13.3. The Labute approximate surface area is 134 Å². The fourth-order valence-electron chi connectivity index (χ4n) is 1.51. The molecule has 0 aliphatic carbocycles. The molecule has 0 fully saturated rings. The first-order valence-corrected chi connectivity index (χ1v) is 7.03. The fourth-order valence-corrected chi connectivity index (χ4v) is 1.51. The largest absolute Gasteiger partial charge is 0.482 e. The van der Waals surface area contributed by atoms with Crippen LogP contribution in [0.3, 0.4) is 0 Å². The summed E-state index contributed by atoms with van der Waals surface area (Å²) >= 11 is 0. The summed E-state index contributed by atoms with van der Waals surface area (Å²) in [5.74, 6) is -1.76. The molecule has 0 unspecified atom stereocenters. The van der Waals surface area contributed by atoms with Gasteiger partial charge in [0.2, 0.25) is 0 Å². The van der Waals surface area contributed by atoms with Crippen molar-refractivity contribution in [2.75, 3.05) is 13.2 Å². The Kier molecular flexibility index (Phi) is 6.51. The molecule has 1 N–H and O–H groups in total. The Morgan fingerprint density at radius 2 is 2.09 bits per heavy atom. The molecule has 7 heteroatoms. The Bertz CT molecular complexity index is 612. The van der Waals surface area contributed by atoms with E-state index in [1.54, 1.807) is 20.8 Å². The van der Waals surface area contributed by atoms with Crippen molar-refractivity contribution in [2.24, 2.45) is 5.92 Å². The molecule has 1 aromatic carbocycles. The van der Waals surface area contributed by atoms with Crippen molar-refractivity contribution < 1.29 is 23.5 Å². The smallest absolute Gasteiger partial charge is 0.344 e. The third kappa shape index (κ3) is 5.94. The standard InChI is InChI=1S/C16H19FN2O4/c1-11(2)16(3,10-18)19-14(20)8-23-15(21)9-22-13-6-4-5-12(17)7-13/h4-7,11H,8-9H2,1-3H3,(H,19,20)/t16-/m1/s1. The van der Waals surface area contributed by atoms with Crippen molar-refractivity contribution in [3.63, 3.8) is 0 Å². The summed E-state index contributed by atoms with van der Waals surface area (Å²) < 4.78 is 22.7. The molecule has 0 aromatic heterocycles. The van der Waals surface area contributed by atoms with Gasteiger partial charge in [-0.25, -0.2) is 9.18 Å². The van der Waals surface area contributed by atoms with Gasteiger partial charge in [0, 0.05) is 6.07 Å². The molecule has 23 heavy (non-hydrogen) atoms. The number of nitrogens with one attached hydrogen (secondary N) is 1. The maximum Gasteiger partial charge on any atom is 0.344 e. The van der Waals surface area contributed by atoms with E-state index in [9.17, 15) is 14.0 Å². The van der Waals surface area contributed by atoms with Crippen LogP contribution in [0.25, 0.3) is 0 Å². The minimum Gasteiger partial charge on any atom is -0.482 e. The number of hydrogen-bond acceptors (Lipinski definition) is 5. The molecular weight excluding hydrogens is 303 g/mol. The summed E-state index contributed by atoms with van der Waals surface area (Å²) in [6.07, 6.45) is 0. The number of ether oxygens (including phenoxy) is 2. The lowest BCUT2D eigenvalue weighted by atomic mass is 9.90. The summed E-state index contributed by atoms with van der Waals surface area (Å²) in [7, 11) is 0. The van der Waals surface area contributed by atoms with Gasteiger partial charge < -0.3 is 14.8 Å². The van der Waals surface area contributed by atoms with Crippen molar-refractivity contribution in [3.05, 3.63) is 30.1 Å². The van der Waals surface area contributed by atoms with Gasteiger partial charge in [0.05, 0.1) is 6.07 Å². The van der Waals surface area contributed by atoms with Crippen LogP contribution in [0.15, 0.2) is 24.3 Å². The van der Waals surface area contributed by atoms with Crippen LogP contribution in [0.4, 0.5) is 4.39 Å². The van der Waals surface area contributed by atoms with Gasteiger partial charge in [-0.1, -0.05) is 19.9 Å². The first kappa shape index (κ1) is 18.4. The highest BCUT2D eigenvalue weighted by Gasteiger charge is 2.30. The highest BCUT2D eigenvalue weighted by Crippen LogP contribution is 2.15. The van der Waals surface area contributed by atoms with E-state index in [1.807, 2.05) is 6.07 Å². The number of hydrogen-bond donors (Lipinski definition) is 1. The van der Waals surface area contributed by atoms with E-state index in [-0.39, 0.29) is 11.7 Å². The van der Waals surface area contributed by atoms with E-state index in [0.717, 1.165) is 6.07 Å². The average Bonchev–Trinajstić information content (AvgIpc) is 2.50. The number of carbonyl (C=O) groups is 2. The van der Waals surface area contributed by atoms with Crippen LogP contribution >= 0.6 is 0 Å². The molecule has 0 aliphatic rings. The van der Waals surface area contributed by atoms with Crippen molar-refractivity contribution in [3.8, 4) is 11.8 Å². The van der Waals surface area contributed by atoms with Crippen LogP contribution in [-0.2, 0) is 14.3 Å². The van der Waals surface area contributed by atoms with Crippen LogP contribution in [0.5, 0.6) is 5.75 Å². The zero-order valence-electron chi connectivity index (χ0n) is 13.3. The van der Waals surface area contributed by atoms with Crippen molar-refractivity contribution in [1.82, 2.24) is 5.32 Å². The van der Waals surface area contributed by atoms with E-state index < -0.39 is 36.4 Å². The topological polar surface area (TPSA) is 88.4 Å². The van der Waals surface area contributed by atoms with Crippen LogP contribution in [0.1, 0.15) is 20.8 Å². The molecule has 1 aromatic rings. The molecule has 0 radical (unpaired) electrons. The number of amides is 1. The van der Waals surface area contributed by atoms with E-state index in [1.165, 1.54) is 18.2 Å². The van der Waals surface area contributed by atoms with Gasteiger partial charge in [0.1, 0.15) is 17.1 Å². The second-order valence-corrected chi connectivity index (χ2v) is 5.42.